The molecular formula is C3H6N2O2. The van der Waals surface area contributed by atoms with E-state index in [1.165, 1.54) is 5.01 Å². The average Bonchev–Trinajstić information content (AvgIpc) is 2.17. The molecule has 1 saturated heterocycles. The van der Waals surface area contributed by atoms with E-state index in [0.29, 0.717) is 6.54 Å². The second-order valence-electron chi connectivity index (χ2n) is 1.71. The van der Waals surface area contributed by atoms with Gasteiger partial charge in [0.15, 0.2) is 5.03 Å². The summed E-state index contributed by atoms with van der Waals surface area (Å²) in [6, 6.07) is 0.176. The molecule has 0 bridgehead atoms. The summed E-state index contributed by atoms with van der Waals surface area (Å²) in [5.41, 5.74) is 0. The number of rotatable bonds is 1. The molecule has 0 aromatic heterocycles. The van der Waals surface area contributed by atoms with Crippen molar-refractivity contribution in [2.24, 2.45) is 0 Å². The molecule has 1 rings (SSSR count). The van der Waals surface area contributed by atoms with Gasteiger partial charge in [0.1, 0.15) is 12.6 Å². The fraction of sp³-hybridized carbons (Fsp3) is 1.00. The van der Waals surface area contributed by atoms with Crippen LogP contribution in [0.4, 0.5) is 0 Å². The molecule has 4 nitrogen and oxygen atoms in total. The van der Waals surface area contributed by atoms with Gasteiger partial charge in [-0.1, -0.05) is 0 Å². The van der Waals surface area contributed by atoms with Crippen LogP contribution in [0, 0.1) is 10.1 Å². The van der Waals surface area contributed by atoms with Crippen LogP contribution in [0.15, 0.2) is 0 Å². The molecule has 0 aliphatic carbocycles. The third kappa shape index (κ3) is 0.629. The fourth-order valence-corrected chi connectivity index (χ4v) is 0.451. The predicted molar refractivity (Wildman–Crippen MR) is 23.2 cm³/mol. The van der Waals surface area contributed by atoms with Crippen molar-refractivity contribution in [2.45, 2.75) is 13.0 Å². The predicted octanol–water partition coefficient (Wildman–Crippen LogP) is -0.118. The highest BCUT2D eigenvalue weighted by atomic mass is 16.7. The lowest BCUT2D eigenvalue weighted by Crippen LogP contribution is -2.07. The number of hydrazine groups is 1. The maximum absolute atomic E-state index is 9.70. The zero-order valence-electron chi connectivity index (χ0n) is 4.00. The van der Waals surface area contributed by atoms with Crippen LogP contribution in [0.5, 0.6) is 0 Å². The van der Waals surface area contributed by atoms with Crippen LogP contribution in [0.1, 0.15) is 6.92 Å². The van der Waals surface area contributed by atoms with Crippen molar-refractivity contribution in [1.29, 1.82) is 0 Å². The van der Waals surface area contributed by atoms with Gasteiger partial charge >= 0.3 is 0 Å². The van der Waals surface area contributed by atoms with Crippen molar-refractivity contribution in [1.82, 2.24) is 5.01 Å². The molecule has 1 heterocycles. The summed E-state index contributed by atoms with van der Waals surface area (Å²) in [4.78, 5) is 9.70. The minimum absolute atomic E-state index is 0.176. The highest BCUT2D eigenvalue weighted by molar-refractivity contribution is 4.75. The molecular weight excluding hydrogens is 96.0 g/mol. The summed E-state index contributed by atoms with van der Waals surface area (Å²) in [7, 11) is 0. The molecule has 1 aliphatic rings. The molecule has 0 N–H and O–H groups in total. The average molecular weight is 102 g/mol. The largest absolute Gasteiger partial charge is 0.235 e. The first-order valence-corrected chi connectivity index (χ1v) is 2.13. The number of nitro groups is 1. The van der Waals surface area contributed by atoms with Crippen LogP contribution >= 0.6 is 0 Å². The first kappa shape index (κ1) is 4.36. The Bertz CT molecular complexity index is 103. The van der Waals surface area contributed by atoms with Crippen molar-refractivity contribution in [2.75, 3.05) is 6.54 Å². The highest BCUT2D eigenvalue weighted by Gasteiger charge is 2.38. The molecule has 0 aromatic rings. The normalized spacial score (nSPS) is 27.6. The van der Waals surface area contributed by atoms with Crippen molar-refractivity contribution >= 4 is 0 Å². The van der Waals surface area contributed by atoms with Gasteiger partial charge in [0.2, 0.25) is 0 Å². The van der Waals surface area contributed by atoms with Gasteiger partial charge in [0.05, 0.1) is 0 Å². The van der Waals surface area contributed by atoms with Crippen LogP contribution in [0.3, 0.4) is 0 Å². The van der Waals surface area contributed by atoms with Crippen LogP contribution in [-0.2, 0) is 0 Å². The van der Waals surface area contributed by atoms with Gasteiger partial charge in [-0.25, -0.2) is 10.1 Å². The first-order valence-electron chi connectivity index (χ1n) is 2.13. The monoisotopic (exact) mass is 102 g/mol. The van der Waals surface area contributed by atoms with E-state index in [0.717, 1.165) is 0 Å². The Morgan fingerprint density at radius 2 is 2.43 bits per heavy atom. The lowest BCUT2D eigenvalue weighted by atomic mass is 10.6. The Morgan fingerprint density at radius 1 is 2.00 bits per heavy atom. The van der Waals surface area contributed by atoms with E-state index < -0.39 is 0 Å². The molecule has 4 heteroatoms. The highest BCUT2D eigenvalue weighted by Crippen LogP contribution is 2.13. The van der Waals surface area contributed by atoms with E-state index in [2.05, 4.69) is 0 Å². The second kappa shape index (κ2) is 1.08. The van der Waals surface area contributed by atoms with Crippen LogP contribution < -0.4 is 0 Å². The molecule has 1 fully saturated rings. The standard InChI is InChI=1S/C3H6N2O2/c1-3-2-4(3)5(6)7/h3H,2H2,1H3/t3-,4?/m1/s1. The number of hydrogen-bond acceptors (Lipinski definition) is 2. The molecule has 0 saturated carbocycles. The summed E-state index contributed by atoms with van der Waals surface area (Å²) in [5, 5.41) is 10.5. The van der Waals surface area contributed by atoms with Gasteiger partial charge in [0, 0.05) is 0 Å². The molecule has 0 spiro atoms. The lowest BCUT2D eigenvalue weighted by Gasteiger charge is -1.84. The third-order valence-electron chi connectivity index (χ3n) is 1.04. The first-order chi connectivity index (χ1) is 3.22. The fourth-order valence-electron chi connectivity index (χ4n) is 0.451. The Hall–Kier alpha value is -0.800. The van der Waals surface area contributed by atoms with Crippen LogP contribution in [0.2, 0.25) is 0 Å². The third-order valence-corrected chi connectivity index (χ3v) is 1.04. The van der Waals surface area contributed by atoms with Crippen LogP contribution in [0.25, 0.3) is 0 Å². The zero-order valence-corrected chi connectivity index (χ0v) is 4.00. The minimum Gasteiger partial charge on any atom is -0.235 e. The van der Waals surface area contributed by atoms with E-state index in [1.807, 2.05) is 6.92 Å². The van der Waals surface area contributed by atoms with E-state index in [4.69, 9.17) is 0 Å². The Kier molecular flexibility index (Phi) is 0.675. The summed E-state index contributed by atoms with van der Waals surface area (Å²) < 4.78 is 0. The molecule has 1 atom stereocenters. The lowest BCUT2D eigenvalue weighted by molar-refractivity contribution is -0.620. The van der Waals surface area contributed by atoms with Crippen molar-refractivity contribution < 1.29 is 5.03 Å². The molecule has 0 unspecified atom stereocenters. The summed E-state index contributed by atoms with van der Waals surface area (Å²) in [6.45, 7) is 2.44. The van der Waals surface area contributed by atoms with Gasteiger partial charge < -0.3 is 0 Å². The van der Waals surface area contributed by atoms with E-state index in [9.17, 15) is 10.1 Å². The smallest absolute Gasteiger partial charge is 0.160 e. The number of hydrogen-bond donors (Lipinski definition) is 0. The molecule has 7 heavy (non-hydrogen) atoms. The summed E-state index contributed by atoms with van der Waals surface area (Å²) in [5.74, 6) is 0. The summed E-state index contributed by atoms with van der Waals surface area (Å²) in [6.07, 6.45) is 0. The van der Waals surface area contributed by atoms with Crippen molar-refractivity contribution in [3.63, 3.8) is 0 Å². The van der Waals surface area contributed by atoms with Gasteiger partial charge in [0.25, 0.3) is 0 Å². The van der Waals surface area contributed by atoms with Gasteiger partial charge in [-0.05, 0) is 6.92 Å². The SMILES string of the molecule is C[C@@H]1CN1[N+](=O)[O-]. The van der Waals surface area contributed by atoms with E-state index >= 15 is 0 Å². The van der Waals surface area contributed by atoms with Gasteiger partial charge in [-0.2, -0.15) is 0 Å². The zero-order chi connectivity index (χ0) is 5.44. The van der Waals surface area contributed by atoms with Crippen molar-refractivity contribution in [3.05, 3.63) is 10.1 Å². The quantitative estimate of drug-likeness (QED) is 0.263. The van der Waals surface area contributed by atoms with Gasteiger partial charge in [-0.3, -0.25) is 0 Å². The molecule has 0 aromatic carbocycles. The number of nitrogens with zero attached hydrogens (tertiary/aromatic N) is 2. The summed E-state index contributed by atoms with van der Waals surface area (Å²) >= 11 is 0. The molecule has 0 amide bonds. The second-order valence-corrected chi connectivity index (χ2v) is 1.71. The van der Waals surface area contributed by atoms with Gasteiger partial charge in [-0.15, -0.1) is 5.01 Å². The molecule has 40 valence electrons. The maximum atomic E-state index is 9.70. The Labute approximate surface area is 40.8 Å². The topological polar surface area (TPSA) is 46.1 Å². The Morgan fingerprint density at radius 3 is 2.43 bits per heavy atom. The van der Waals surface area contributed by atoms with E-state index in [1.54, 1.807) is 0 Å². The minimum atomic E-state index is -0.370. The van der Waals surface area contributed by atoms with Crippen molar-refractivity contribution in [3.8, 4) is 0 Å². The van der Waals surface area contributed by atoms with Crippen LogP contribution in [-0.4, -0.2) is 22.6 Å². The molecule has 1 aliphatic heterocycles. The Balaban J connectivity index is 2.33. The van der Waals surface area contributed by atoms with E-state index in [-0.39, 0.29) is 11.1 Å². The molecule has 0 radical (unpaired) electrons. The maximum Gasteiger partial charge on any atom is 0.160 e.